The molecule has 3 aromatic carbocycles. The van der Waals surface area contributed by atoms with E-state index >= 15 is 0 Å². The third-order valence-corrected chi connectivity index (χ3v) is 6.15. The van der Waals surface area contributed by atoms with Gasteiger partial charge in [-0.2, -0.15) is 15.8 Å². The van der Waals surface area contributed by atoms with Crippen molar-refractivity contribution in [2.24, 2.45) is 0 Å². The summed E-state index contributed by atoms with van der Waals surface area (Å²) >= 11 is 1.37. The monoisotopic (exact) mass is 454 g/mol. The van der Waals surface area contributed by atoms with Crippen molar-refractivity contribution in [2.75, 3.05) is 4.90 Å². The Labute approximate surface area is 202 Å². The second kappa shape index (κ2) is 10.6. The summed E-state index contributed by atoms with van der Waals surface area (Å²) in [7, 11) is 0. The van der Waals surface area contributed by atoms with E-state index in [0.29, 0.717) is 4.88 Å². The van der Waals surface area contributed by atoms with Crippen LogP contribution in [0, 0.1) is 34.0 Å². The van der Waals surface area contributed by atoms with Crippen LogP contribution in [0.15, 0.2) is 103 Å². The lowest BCUT2D eigenvalue weighted by molar-refractivity contribution is 1.28. The number of nitrogens with zero attached hydrogens (tertiary/aromatic N) is 4. The quantitative estimate of drug-likeness (QED) is 0.280. The maximum absolute atomic E-state index is 9.34. The van der Waals surface area contributed by atoms with E-state index in [-0.39, 0.29) is 11.1 Å². The zero-order chi connectivity index (χ0) is 23.8. The van der Waals surface area contributed by atoms with Crippen LogP contribution in [0.2, 0.25) is 0 Å². The average Bonchev–Trinajstić information content (AvgIpc) is 3.37. The number of para-hydroxylation sites is 2. The number of hydrogen-bond donors (Lipinski definition) is 0. The molecule has 0 spiro atoms. The van der Waals surface area contributed by atoms with Crippen LogP contribution in [0.4, 0.5) is 17.1 Å². The van der Waals surface area contributed by atoms with Gasteiger partial charge in [-0.1, -0.05) is 54.6 Å². The minimum Gasteiger partial charge on any atom is -0.311 e. The molecule has 0 amide bonds. The van der Waals surface area contributed by atoms with Crippen molar-refractivity contribution in [3.63, 3.8) is 0 Å². The molecule has 1 heterocycles. The summed E-state index contributed by atoms with van der Waals surface area (Å²) in [4.78, 5) is 3.74. The topological polar surface area (TPSA) is 74.6 Å². The molecule has 34 heavy (non-hydrogen) atoms. The van der Waals surface area contributed by atoms with Crippen LogP contribution in [-0.2, 0) is 0 Å². The first-order chi connectivity index (χ1) is 16.7. The number of hydrogen-bond acceptors (Lipinski definition) is 5. The largest absolute Gasteiger partial charge is 0.311 e. The third-order valence-electron chi connectivity index (χ3n) is 5.08. The first kappa shape index (κ1) is 22.3. The third kappa shape index (κ3) is 4.95. The Kier molecular flexibility index (Phi) is 6.97. The van der Waals surface area contributed by atoms with Crippen LogP contribution < -0.4 is 4.90 Å². The highest BCUT2D eigenvalue weighted by molar-refractivity contribution is 7.14. The Bertz CT molecular complexity index is 1400. The molecule has 0 aliphatic rings. The molecule has 1 aromatic heterocycles. The Hall–Kier alpha value is -4.89. The van der Waals surface area contributed by atoms with Crippen molar-refractivity contribution in [1.82, 2.24) is 0 Å². The zero-order valence-corrected chi connectivity index (χ0v) is 18.9. The minimum absolute atomic E-state index is 0.112. The van der Waals surface area contributed by atoms with E-state index < -0.39 is 0 Å². The SMILES string of the molecule is N#CC(C#N)=C(C#N)c1ccc(/C=C/c2ccc(N(c3ccccc3)c3ccccc3)cc2)s1. The van der Waals surface area contributed by atoms with Gasteiger partial charge in [-0.05, 0) is 60.2 Å². The maximum atomic E-state index is 9.34. The number of nitriles is 3. The van der Waals surface area contributed by atoms with Gasteiger partial charge in [-0.15, -0.1) is 11.3 Å². The number of anilines is 3. The molecule has 4 aromatic rings. The summed E-state index contributed by atoms with van der Waals surface area (Å²) in [5.41, 5.74) is 4.19. The smallest absolute Gasteiger partial charge is 0.148 e. The highest BCUT2D eigenvalue weighted by Crippen LogP contribution is 2.34. The summed E-state index contributed by atoms with van der Waals surface area (Å²) in [5.74, 6) is 0. The molecule has 0 aliphatic heterocycles. The molecule has 160 valence electrons. The second-order valence-corrected chi connectivity index (χ2v) is 8.33. The van der Waals surface area contributed by atoms with Crippen LogP contribution in [0.25, 0.3) is 17.7 Å². The fraction of sp³-hybridized carbons (Fsp3) is 0. The number of rotatable bonds is 6. The Morgan fingerprint density at radius 1 is 0.618 bits per heavy atom. The molecule has 4 nitrogen and oxygen atoms in total. The van der Waals surface area contributed by atoms with E-state index in [1.54, 1.807) is 18.2 Å². The number of allylic oxidation sites excluding steroid dienone is 2. The van der Waals surface area contributed by atoms with E-state index in [1.807, 2.05) is 60.7 Å². The highest BCUT2D eigenvalue weighted by Gasteiger charge is 2.12. The molecule has 0 saturated heterocycles. The second-order valence-electron chi connectivity index (χ2n) is 7.22. The van der Waals surface area contributed by atoms with Crippen molar-refractivity contribution >= 4 is 46.1 Å². The molecule has 0 saturated carbocycles. The van der Waals surface area contributed by atoms with Gasteiger partial charge in [0.25, 0.3) is 0 Å². The van der Waals surface area contributed by atoms with Gasteiger partial charge in [0.15, 0.2) is 0 Å². The van der Waals surface area contributed by atoms with Crippen molar-refractivity contribution in [3.05, 3.63) is 118 Å². The fourth-order valence-electron chi connectivity index (χ4n) is 3.46. The minimum atomic E-state index is -0.170. The molecule has 0 fully saturated rings. The van der Waals surface area contributed by atoms with Crippen LogP contribution in [-0.4, -0.2) is 0 Å². The van der Waals surface area contributed by atoms with Gasteiger partial charge in [0.1, 0.15) is 23.8 Å². The summed E-state index contributed by atoms with van der Waals surface area (Å²) < 4.78 is 0. The Morgan fingerprint density at radius 3 is 1.71 bits per heavy atom. The predicted molar refractivity (Wildman–Crippen MR) is 138 cm³/mol. The van der Waals surface area contributed by atoms with E-state index in [1.165, 1.54) is 11.3 Å². The Morgan fingerprint density at radius 2 is 1.18 bits per heavy atom. The molecule has 0 bridgehead atoms. The first-order valence-electron chi connectivity index (χ1n) is 10.5. The highest BCUT2D eigenvalue weighted by atomic mass is 32.1. The molecule has 0 unspecified atom stereocenters. The molecular formula is C29H18N4S. The van der Waals surface area contributed by atoms with Crippen molar-refractivity contribution < 1.29 is 0 Å². The van der Waals surface area contributed by atoms with Gasteiger partial charge in [-0.3, -0.25) is 0 Å². The van der Waals surface area contributed by atoms with Crippen LogP contribution in [0.5, 0.6) is 0 Å². The van der Waals surface area contributed by atoms with E-state index in [0.717, 1.165) is 27.5 Å². The van der Waals surface area contributed by atoms with Crippen LogP contribution in [0.1, 0.15) is 15.3 Å². The fourth-order valence-corrected chi connectivity index (χ4v) is 4.37. The lowest BCUT2D eigenvalue weighted by Gasteiger charge is -2.25. The molecule has 0 atom stereocenters. The van der Waals surface area contributed by atoms with E-state index in [4.69, 9.17) is 10.5 Å². The molecule has 0 aliphatic carbocycles. The molecule has 4 rings (SSSR count). The summed E-state index contributed by atoms with van der Waals surface area (Å²) in [6, 6.07) is 37.9. The first-order valence-corrected chi connectivity index (χ1v) is 11.3. The van der Waals surface area contributed by atoms with Crippen molar-refractivity contribution in [2.45, 2.75) is 0 Å². The normalized spacial score (nSPS) is 10.1. The lowest BCUT2D eigenvalue weighted by atomic mass is 10.1. The summed E-state index contributed by atoms with van der Waals surface area (Å²) in [6.45, 7) is 0. The lowest BCUT2D eigenvalue weighted by Crippen LogP contribution is -2.09. The van der Waals surface area contributed by atoms with E-state index in [9.17, 15) is 5.26 Å². The maximum Gasteiger partial charge on any atom is 0.148 e. The van der Waals surface area contributed by atoms with Gasteiger partial charge >= 0.3 is 0 Å². The molecule has 5 heteroatoms. The van der Waals surface area contributed by atoms with Crippen molar-refractivity contribution in [3.8, 4) is 18.2 Å². The average molecular weight is 455 g/mol. The summed E-state index contributed by atoms with van der Waals surface area (Å²) in [5, 5.41) is 27.5. The predicted octanol–water partition coefficient (Wildman–Crippen LogP) is 7.71. The number of benzene rings is 3. The Balaban J connectivity index is 1.58. The van der Waals surface area contributed by atoms with E-state index in [2.05, 4.69) is 53.4 Å². The molecular weight excluding hydrogens is 436 g/mol. The summed E-state index contributed by atoms with van der Waals surface area (Å²) in [6.07, 6.45) is 3.96. The van der Waals surface area contributed by atoms with Gasteiger partial charge < -0.3 is 4.90 Å². The van der Waals surface area contributed by atoms with Gasteiger partial charge in [-0.25, -0.2) is 0 Å². The van der Waals surface area contributed by atoms with Gasteiger partial charge in [0.2, 0.25) is 0 Å². The molecule has 0 N–H and O–H groups in total. The van der Waals surface area contributed by atoms with Crippen LogP contribution in [0.3, 0.4) is 0 Å². The molecule has 0 radical (unpaired) electrons. The zero-order valence-electron chi connectivity index (χ0n) is 18.1. The number of thiophene rings is 1. The van der Waals surface area contributed by atoms with Crippen molar-refractivity contribution in [1.29, 1.82) is 15.8 Å². The van der Waals surface area contributed by atoms with Crippen LogP contribution >= 0.6 is 11.3 Å². The standard InChI is InChI=1S/C29H18N4S/c30-19-23(20-31)28(21-32)29-18-17-27(34-29)16-13-22-11-14-26(15-12-22)33(24-7-3-1-4-8-24)25-9-5-2-6-10-25/h1-18H/b16-13+. The van der Waals surface area contributed by atoms with Gasteiger partial charge in [0.05, 0.1) is 5.57 Å². The van der Waals surface area contributed by atoms with Gasteiger partial charge in [0, 0.05) is 26.8 Å².